The van der Waals surface area contributed by atoms with Gasteiger partial charge in [0.25, 0.3) is 0 Å². The third-order valence-electron chi connectivity index (χ3n) is 14.5. The lowest BCUT2D eigenvalue weighted by molar-refractivity contribution is -0.328. The molecule has 6 aliphatic rings. The minimum atomic E-state index is -1.56. The van der Waals surface area contributed by atoms with Crippen molar-refractivity contribution in [2.75, 3.05) is 19.8 Å². The Hall–Kier alpha value is -1.38. The van der Waals surface area contributed by atoms with Gasteiger partial charge in [0.1, 0.15) is 60.7 Å². The predicted molar refractivity (Wildman–Crippen MR) is 185 cm³/mol. The Morgan fingerprint density at radius 2 is 1.54 bits per heavy atom. The zero-order valence-corrected chi connectivity index (χ0v) is 31.6. The maximum atomic E-state index is 13.4. The van der Waals surface area contributed by atoms with Gasteiger partial charge in [-0.05, 0) is 86.9 Å². The third-order valence-corrected chi connectivity index (χ3v) is 14.5. The van der Waals surface area contributed by atoms with Crippen molar-refractivity contribution in [1.29, 1.82) is 0 Å². The van der Waals surface area contributed by atoms with Gasteiger partial charge >= 0.3 is 5.97 Å². The summed E-state index contributed by atoms with van der Waals surface area (Å²) >= 11 is 0. The number of carbonyl (C=O) groups excluding carboxylic acids is 2. The summed E-state index contributed by atoms with van der Waals surface area (Å²) in [6.45, 7) is 6.79. The molecule has 0 unspecified atom stereocenters. The Labute approximate surface area is 315 Å². The maximum absolute atomic E-state index is 13.4. The monoisotopic (exact) mass is 774 g/mol. The number of fused-ring (bicyclic) bond motifs is 5. The zero-order chi connectivity index (χ0) is 39.4. The van der Waals surface area contributed by atoms with Crippen molar-refractivity contribution in [2.24, 2.45) is 46.3 Å². The summed E-state index contributed by atoms with van der Waals surface area (Å²) in [5.41, 5.74) is -1.11. The number of ether oxygens (including phenoxy) is 5. The molecule has 21 atom stereocenters. The first-order valence-electron chi connectivity index (χ1n) is 19.7. The molecule has 0 aromatic rings. The standard InChI is InChI=1S/C38H62O16/c1-16(14-50-35-33(49)31(47)30(46)25(13-39)53-35)5-8-26(43)52-24-12-21-19-7-6-18-11-22(41)29(45)34(54-36-32(48)28(44)23(42)15-51-36)38(18,4)20(19)9-10-37(21,3)27(24)17(2)40/h16,18-25,27-36,39,41-42,44-49H,5-15H2,1-4H3/t16-,18+,19-,20-,21+,22-,23+,24-,25+,27-,28+,29-,30+,31-,32-,33+,34-,35+,36-,37-,38+/m1/s1. The van der Waals surface area contributed by atoms with E-state index in [9.17, 15) is 55.5 Å². The van der Waals surface area contributed by atoms with Gasteiger partial charge in [0.2, 0.25) is 0 Å². The van der Waals surface area contributed by atoms with Gasteiger partial charge in [-0.25, -0.2) is 0 Å². The second-order valence-corrected chi connectivity index (χ2v) is 17.7. The van der Waals surface area contributed by atoms with Crippen LogP contribution in [0.25, 0.3) is 0 Å². The van der Waals surface area contributed by atoms with E-state index in [0.717, 1.165) is 12.8 Å². The number of esters is 1. The van der Waals surface area contributed by atoms with Crippen molar-refractivity contribution >= 4 is 11.8 Å². The molecule has 0 amide bonds. The largest absolute Gasteiger partial charge is 0.462 e. The van der Waals surface area contributed by atoms with E-state index in [4.69, 9.17) is 23.7 Å². The number of aliphatic hydroxyl groups is 9. The first-order valence-corrected chi connectivity index (χ1v) is 19.7. The molecule has 54 heavy (non-hydrogen) atoms. The van der Waals surface area contributed by atoms with Crippen molar-refractivity contribution in [3.05, 3.63) is 0 Å². The molecule has 6 fully saturated rings. The fourth-order valence-electron chi connectivity index (χ4n) is 11.5. The van der Waals surface area contributed by atoms with E-state index >= 15 is 0 Å². The summed E-state index contributed by atoms with van der Waals surface area (Å²) in [6.07, 6.45) is -12.3. The van der Waals surface area contributed by atoms with Crippen molar-refractivity contribution in [2.45, 2.75) is 159 Å². The average molecular weight is 775 g/mol. The van der Waals surface area contributed by atoms with E-state index < -0.39 is 109 Å². The molecule has 4 aliphatic carbocycles. The van der Waals surface area contributed by atoms with Crippen molar-refractivity contribution in [1.82, 2.24) is 0 Å². The molecule has 0 bridgehead atoms. The van der Waals surface area contributed by atoms with Gasteiger partial charge in [-0.1, -0.05) is 20.8 Å². The van der Waals surface area contributed by atoms with Crippen LogP contribution in [0.2, 0.25) is 0 Å². The van der Waals surface area contributed by atoms with E-state index in [1.165, 1.54) is 0 Å². The number of rotatable bonds is 11. The molecule has 2 heterocycles. The highest BCUT2D eigenvalue weighted by Gasteiger charge is 2.67. The summed E-state index contributed by atoms with van der Waals surface area (Å²) in [5.74, 6) is -1.10. The quantitative estimate of drug-likeness (QED) is 0.111. The zero-order valence-electron chi connectivity index (χ0n) is 31.6. The lowest BCUT2D eigenvalue weighted by Gasteiger charge is -2.63. The molecule has 0 spiro atoms. The minimum Gasteiger partial charge on any atom is -0.462 e. The molecular formula is C38H62O16. The molecule has 2 aliphatic heterocycles. The molecule has 6 rings (SSSR count). The SMILES string of the molecule is CC(=O)[C@@H]1[C@H](OC(=O)CC[C@@H](C)CO[C@H]2O[C@@H](CO)[C@H](O)[C@@H](O)[C@@H]2O)C[C@H]2[C@@H]3CC[C@H]4C[C@@H](O)[C@@H](O)[C@@H](O[C@H]5OC[C@H](O)[C@H](O)[C@H]5O)[C@]4(C)[C@@H]3CC[C@@]12C. The van der Waals surface area contributed by atoms with Crippen molar-refractivity contribution in [3.63, 3.8) is 0 Å². The van der Waals surface area contributed by atoms with E-state index in [1.54, 1.807) is 6.92 Å². The number of carbonyl (C=O) groups is 2. The number of hydrogen-bond acceptors (Lipinski definition) is 16. The lowest BCUT2D eigenvalue weighted by atomic mass is 9.43. The van der Waals surface area contributed by atoms with Crippen LogP contribution in [0.1, 0.15) is 79.1 Å². The van der Waals surface area contributed by atoms with Gasteiger partial charge < -0.3 is 69.6 Å². The highest BCUT2D eigenvalue weighted by molar-refractivity contribution is 5.81. The van der Waals surface area contributed by atoms with Gasteiger partial charge in [0.05, 0.1) is 37.9 Å². The van der Waals surface area contributed by atoms with Crippen LogP contribution >= 0.6 is 0 Å². The molecule has 16 heteroatoms. The summed E-state index contributed by atoms with van der Waals surface area (Å²) < 4.78 is 29.1. The average Bonchev–Trinajstić information content (AvgIpc) is 3.43. The number of aliphatic hydroxyl groups excluding tert-OH is 9. The first-order chi connectivity index (χ1) is 25.4. The lowest BCUT2D eigenvalue weighted by Crippen LogP contribution is -2.66. The van der Waals surface area contributed by atoms with E-state index in [2.05, 4.69) is 13.8 Å². The Morgan fingerprint density at radius 1 is 0.833 bits per heavy atom. The summed E-state index contributed by atoms with van der Waals surface area (Å²) in [5, 5.41) is 93.1. The fraction of sp³-hybridized carbons (Fsp3) is 0.947. The summed E-state index contributed by atoms with van der Waals surface area (Å²) in [7, 11) is 0. The van der Waals surface area contributed by atoms with Crippen LogP contribution in [0.5, 0.6) is 0 Å². The molecule has 0 aromatic carbocycles. The van der Waals surface area contributed by atoms with Crippen LogP contribution < -0.4 is 0 Å². The topological polar surface area (TPSA) is 262 Å². The Morgan fingerprint density at radius 3 is 2.22 bits per heavy atom. The van der Waals surface area contributed by atoms with Gasteiger partial charge in [-0.15, -0.1) is 0 Å². The fourth-order valence-corrected chi connectivity index (χ4v) is 11.5. The van der Waals surface area contributed by atoms with Crippen LogP contribution in [0.3, 0.4) is 0 Å². The second-order valence-electron chi connectivity index (χ2n) is 17.7. The molecule has 2 saturated heterocycles. The Kier molecular flexibility index (Phi) is 12.9. The van der Waals surface area contributed by atoms with Gasteiger partial charge in [-0.3, -0.25) is 9.59 Å². The Balaban J connectivity index is 1.11. The number of hydrogen-bond donors (Lipinski definition) is 9. The van der Waals surface area contributed by atoms with Gasteiger partial charge in [0.15, 0.2) is 12.6 Å². The summed E-state index contributed by atoms with van der Waals surface area (Å²) in [4.78, 5) is 26.7. The van der Waals surface area contributed by atoms with Crippen LogP contribution in [0.15, 0.2) is 0 Å². The molecular weight excluding hydrogens is 712 g/mol. The van der Waals surface area contributed by atoms with Crippen LogP contribution in [0, 0.1) is 46.3 Å². The third kappa shape index (κ3) is 7.53. The van der Waals surface area contributed by atoms with Gasteiger partial charge in [-0.2, -0.15) is 0 Å². The highest BCUT2D eigenvalue weighted by atomic mass is 16.7. The predicted octanol–water partition coefficient (Wildman–Crippen LogP) is -1.25. The smallest absolute Gasteiger partial charge is 0.306 e. The molecule has 0 aromatic heterocycles. The van der Waals surface area contributed by atoms with E-state index in [1.807, 2.05) is 6.92 Å². The maximum Gasteiger partial charge on any atom is 0.306 e. The van der Waals surface area contributed by atoms with E-state index in [0.29, 0.717) is 32.1 Å². The molecule has 16 nitrogen and oxygen atoms in total. The summed E-state index contributed by atoms with van der Waals surface area (Å²) in [6, 6.07) is 0. The Bertz CT molecular complexity index is 1320. The van der Waals surface area contributed by atoms with Crippen molar-refractivity contribution in [3.8, 4) is 0 Å². The van der Waals surface area contributed by atoms with Crippen LogP contribution in [-0.4, -0.2) is 157 Å². The number of Topliss-reactive ketones (excluding diaryl/α,β-unsaturated/α-hetero) is 1. The molecule has 4 saturated carbocycles. The second kappa shape index (κ2) is 16.5. The first kappa shape index (κ1) is 42.2. The van der Waals surface area contributed by atoms with Crippen LogP contribution in [-0.2, 0) is 33.3 Å². The molecule has 0 radical (unpaired) electrons. The van der Waals surface area contributed by atoms with Gasteiger partial charge in [0, 0.05) is 11.8 Å². The normalized spacial score (nSPS) is 51.1. The number of ketones is 1. The molecule has 9 N–H and O–H groups in total. The van der Waals surface area contributed by atoms with Crippen molar-refractivity contribution < 1.29 is 79.2 Å². The van der Waals surface area contributed by atoms with Crippen LogP contribution in [0.4, 0.5) is 0 Å². The van der Waals surface area contributed by atoms with E-state index in [-0.39, 0.29) is 55.0 Å². The minimum absolute atomic E-state index is 0.00401. The molecule has 310 valence electrons. The highest BCUT2D eigenvalue weighted by Crippen LogP contribution is 2.68.